The van der Waals surface area contributed by atoms with E-state index in [1.54, 1.807) is 30.9 Å². The van der Waals surface area contributed by atoms with Crippen LogP contribution in [0, 0.1) is 6.92 Å². The second-order valence-corrected chi connectivity index (χ2v) is 7.68. The standard InChI is InChI=1S/C23H23N7O/c1-17-4-6-18(7-5-17)20-21-27-19(16-30(21)13-10-24-20)22(31)28-11-3-12-29(15-14-28)23-25-8-2-9-26-23/h2,4-10,13,16H,3,11-12,14-15H2,1H3. The van der Waals surface area contributed by atoms with Gasteiger partial charge in [-0.2, -0.15) is 0 Å². The number of imidazole rings is 1. The average Bonchev–Trinajstić information content (AvgIpc) is 3.10. The number of amides is 1. The van der Waals surface area contributed by atoms with Crippen LogP contribution in [0.4, 0.5) is 5.95 Å². The average molecular weight is 413 g/mol. The van der Waals surface area contributed by atoms with Crippen molar-refractivity contribution in [1.29, 1.82) is 0 Å². The predicted octanol–water partition coefficient (Wildman–Crippen LogP) is 2.85. The van der Waals surface area contributed by atoms with Crippen LogP contribution >= 0.6 is 0 Å². The number of nitrogens with zero attached hydrogens (tertiary/aromatic N) is 7. The lowest BCUT2D eigenvalue weighted by Gasteiger charge is -2.21. The molecule has 4 aromatic rings. The molecule has 0 radical (unpaired) electrons. The summed E-state index contributed by atoms with van der Waals surface area (Å²) in [5, 5.41) is 0. The second kappa shape index (κ2) is 8.14. The van der Waals surface area contributed by atoms with Crippen LogP contribution in [0.15, 0.2) is 61.3 Å². The number of aryl methyl sites for hydroxylation is 1. The lowest BCUT2D eigenvalue weighted by Crippen LogP contribution is -2.35. The summed E-state index contributed by atoms with van der Waals surface area (Å²) in [6, 6.07) is 9.97. The molecule has 0 aliphatic carbocycles. The first-order valence-corrected chi connectivity index (χ1v) is 10.4. The molecule has 1 saturated heterocycles. The van der Waals surface area contributed by atoms with Crippen LogP contribution in [0.3, 0.4) is 0 Å². The van der Waals surface area contributed by atoms with Gasteiger partial charge in [-0.15, -0.1) is 0 Å². The highest BCUT2D eigenvalue weighted by Crippen LogP contribution is 2.23. The van der Waals surface area contributed by atoms with Crippen LogP contribution in [0.5, 0.6) is 0 Å². The van der Waals surface area contributed by atoms with Gasteiger partial charge in [0.25, 0.3) is 5.91 Å². The molecule has 3 aromatic heterocycles. The summed E-state index contributed by atoms with van der Waals surface area (Å²) in [6.07, 6.45) is 9.70. The quantitative estimate of drug-likeness (QED) is 0.514. The van der Waals surface area contributed by atoms with Crippen molar-refractivity contribution in [2.24, 2.45) is 0 Å². The first-order valence-electron chi connectivity index (χ1n) is 10.4. The number of aromatic nitrogens is 5. The van der Waals surface area contributed by atoms with E-state index in [1.165, 1.54) is 5.56 Å². The van der Waals surface area contributed by atoms with Gasteiger partial charge in [0.2, 0.25) is 5.95 Å². The molecule has 0 saturated carbocycles. The Morgan fingerprint density at radius 3 is 2.55 bits per heavy atom. The zero-order chi connectivity index (χ0) is 21.2. The molecular formula is C23H23N7O. The summed E-state index contributed by atoms with van der Waals surface area (Å²) >= 11 is 0. The molecule has 0 N–H and O–H groups in total. The molecule has 8 nitrogen and oxygen atoms in total. The molecule has 1 aliphatic rings. The molecule has 156 valence electrons. The van der Waals surface area contributed by atoms with E-state index in [2.05, 4.69) is 43.9 Å². The monoisotopic (exact) mass is 413 g/mol. The summed E-state index contributed by atoms with van der Waals surface area (Å²) in [4.78, 5) is 35.1. The topological polar surface area (TPSA) is 79.5 Å². The number of benzene rings is 1. The van der Waals surface area contributed by atoms with Crippen LogP contribution < -0.4 is 4.90 Å². The van der Waals surface area contributed by atoms with E-state index >= 15 is 0 Å². The first kappa shape index (κ1) is 19.2. The Bertz CT molecular complexity index is 1200. The summed E-state index contributed by atoms with van der Waals surface area (Å²) in [6.45, 7) is 4.85. The third-order valence-corrected chi connectivity index (χ3v) is 5.54. The number of anilines is 1. The van der Waals surface area contributed by atoms with Gasteiger partial charge in [0.15, 0.2) is 5.65 Å². The summed E-state index contributed by atoms with van der Waals surface area (Å²) in [7, 11) is 0. The number of fused-ring (bicyclic) bond motifs is 1. The molecule has 31 heavy (non-hydrogen) atoms. The molecule has 1 fully saturated rings. The Morgan fingerprint density at radius 2 is 1.74 bits per heavy atom. The molecule has 1 amide bonds. The number of hydrogen-bond acceptors (Lipinski definition) is 6. The molecule has 4 heterocycles. The minimum absolute atomic E-state index is 0.0608. The Morgan fingerprint density at radius 1 is 0.935 bits per heavy atom. The molecule has 1 aromatic carbocycles. The van der Waals surface area contributed by atoms with Crippen LogP contribution in [0.2, 0.25) is 0 Å². The van der Waals surface area contributed by atoms with Gasteiger partial charge in [-0.05, 0) is 19.4 Å². The smallest absolute Gasteiger partial charge is 0.274 e. The molecule has 0 atom stereocenters. The van der Waals surface area contributed by atoms with Crippen molar-refractivity contribution in [2.75, 3.05) is 31.1 Å². The van der Waals surface area contributed by atoms with Crippen molar-refractivity contribution in [1.82, 2.24) is 29.2 Å². The Kier molecular flexibility index (Phi) is 5.03. The van der Waals surface area contributed by atoms with Gasteiger partial charge in [-0.25, -0.2) is 15.0 Å². The molecule has 8 heteroatoms. The molecular weight excluding hydrogens is 390 g/mol. The van der Waals surface area contributed by atoms with Gasteiger partial charge in [0, 0.05) is 62.7 Å². The minimum atomic E-state index is -0.0608. The molecule has 0 unspecified atom stereocenters. The largest absolute Gasteiger partial charge is 0.339 e. The number of rotatable bonds is 3. The van der Waals surface area contributed by atoms with E-state index in [0.29, 0.717) is 36.9 Å². The van der Waals surface area contributed by atoms with E-state index in [1.807, 2.05) is 27.6 Å². The van der Waals surface area contributed by atoms with E-state index in [0.717, 1.165) is 24.2 Å². The van der Waals surface area contributed by atoms with Gasteiger partial charge in [0.05, 0.1) is 0 Å². The van der Waals surface area contributed by atoms with Crippen molar-refractivity contribution >= 4 is 17.5 Å². The van der Waals surface area contributed by atoms with Gasteiger partial charge in [-0.3, -0.25) is 9.78 Å². The second-order valence-electron chi connectivity index (χ2n) is 7.68. The maximum Gasteiger partial charge on any atom is 0.274 e. The van der Waals surface area contributed by atoms with Crippen LogP contribution in [-0.2, 0) is 0 Å². The van der Waals surface area contributed by atoms with Crippen molar-refractivity contribution in [3.8, 4) is 11.3 Å². The van der Waals surface area contributed by atoms with Crippen molar-refractivity contribution < 1.29 is 4.79 Å². The fraction of sp³-hybridized carbons (Fsp3) is 0.261. The van der Waals surface area contributed by atoms with E-state index in [9.17, 15) is 4.79 Å². The van der Waals surface area contributed by atoms with Gasteiger partial charge < -0.3 is 14.2 Å². The highest BCUT2D eigenvalue weighted by molar-refractivity contribution is 5.93. The highest BCUT2D eigenvalue weighted by Gasteiger charge is 2.24. The first-order chi connectivity index (χ1) is 15.2. The molecule has 0 spiro atoms. The van der Waals surface area contributed by atoms with Crippen molar-refractivity contribution in [2.45, 2.75) is 13.3 Å². The van der Waals surface area contributed by atoms with Gasteiger partial charge >= 0.3 is 0 Å². The molecule has 0 bridgehead atoms. The van der Waals surface area contributed by atoms with Crippen molar-refractivity contribution in [3.05, 3.63) is 72.6 Å². The molecule has 5 rings (SSSR count). The lowest BCUT2D eigenvalue weighted by molar-refractivity contribution is 0.0762. The third-order valence-electron chi connectivity index (χ3n) is 5.54. The van der Waals surface area contributed by atoms with Crippen molar-refractivity contribution in [3.63, 3.8) is 0 Å². The number of carbonyl (C=O) groups excluding carboxylic acids is 1. The normalized spacial score (nSPS) is 14.6. The zero-order valence-corrected chi connectivity index (χ0v) is 17.3. The fourth-order valence-electron chi connectivity index (χ4n) is 3.88. The maximum atomic E-state index is 13.2. The van der Waals surface area contributed by atoms with E-state index in [4.69, 9.17) is 0 Å². The zero-order valence-electron chi connectivity index (χ0n) is 17.3. The minimum Gasteiger partial charge on any atom is -0.339 e. The van der Waals surface area contributed by atoms with Crippen LogP contribution in [0.1, 0.15) is 22.5 Å². The summed E-state index contributed by atoms with van der Waals surface area (Å²) < 4.78 is 1.87. The SMILES string of the molecule is Cc1ccc(-c2nccn3cc(C(=O)N4CCCN(c5ncccn5)CC4)nc23)cc1. The fourth-order valence-corrected chi connectivity index (χ4v) is 3.88. The Labute approximate surface area is 180 Å². The third kappa shape index (κ3) is 3.84. The summed E-state index contributed by atoms with van der Waals surface area (Å²) in [5.41, 5.74) is 4.06. The number of carbonyl (C=O) groups is 1. The van der Waals surface area contributed by atoms with E-state index < -0.39 is 0 Å². The summed E-state index contributed by atoms with van der Waals surface area (Å²) in [5.74, 6) is 0.646. The van der Waals surface area contributed by atoms with Gasteiger partial charge in [0.1, 0.15) is 11.4 Å². The predicted molar refractivity (Wildman–Crippen MR) is 118 cm³/mol. The lowest BCUT2D eigenvalue weighted by atomic mass is 10.1. The number of hydrogen-bond donors (Lipinski definition) is 0. The van der Waals surface area contributed by atoms with Crippen LogP contribution in [0.25, 0.3) is 16.9 Å². The Hall–Kier alpha value is -3.81. The highest BCUT2D eigenvalue weighted by atomic mass is 16.2. The van der Waals surface area contributed by atoms with E-state index in [-0.39, 0.29) is 5.91 Å². The van der Waals surface area contributed by atoms with Gasteiger partial charge in [-0.1, -0.05) is 29.8 Å². The molecule has 1 aliphatic heterocycles. The maximum absolute atomic E-state index is 13.2. The van der Waals surface area contributed by atoms with Crippen LogP contribution in [-0.4, -0.2) is 61.3 Å². The Balaban J connectivity index is 1.39.